The first kappa shape index (κ1) is 16.0. The molecule has 0 radical (unpaired) electrons. The molecule has 2 nitrogen and oxygen atoms in total. The maximum absolute atomic E-state index is 12.0. The van der Waals surface area contributed by atoms with E-state index in [1.165, 1.54) is 5.56 Å². The van der Waals surface area contributed by atoms with Gasteiger partial charge in [0.15, 0.2) is 0 Å². The van der Waals surface area contributed by atoms with E-state index in [4.69, 9.17) is 4.74 Å². The molecule has 0 aliphatic heterocycles. The number of hydrogen-bond acceptors (Lipinski definition) is 2. The zero-order valence-electron chi connectivity index (χ0n) is 13.4. The van der Waals surface area contributed by atoms with E-state index < -0.39 is 0 Å². The summed E-state index contributed by atoms with van der Waals surface area (Å²) in [6, 6.07) is 17.5. The molecule has 0 aliphatic carbocycles. The van der Waals surface area contributed by atoms with Gasteiger partial charge in [0.05, 0.1) is 5.56 Å². The van der Waals surface area contributed by atoms with Crippen molar-refractivity contribution in [3.05, 3.63) is 77.4 Å². The lowest BCUT2D eigenvalue weighted by Gasteiger charge is -2.18. The van der Waals surface area contributed by atoms with E-state index >= 15 is 0 Å². The van der Waals surface area contributed by atoms with Gasteiger partial charge in [-0.2, -0.15) is 0 Å². The Balaban J connectivity index is 1.89. The van der Waals surface area contributed by atoms with Crippen LogP contribution in [0.15, 0.2) is 60.7 Å². The largest absolute Gasteiger partial charge is 0.458 e. The minimum atomic E-state index is -0.293. The summed E-state index contributed by atoms with van der Waals surface area (Å²) in [5.41, 5.74) is 2.96. The molecule has 114 valence electrons. The summed E-state index contributed by atoms with van der Waals surface area (Å²) in [6.07, 6.45) is 3.78. The SMILES string of the molecule is CC(C)(C)c1ccc(C(=O)OC/C=C/c2ccccc2)cc1. The van der Waals surface area contributed by atoms with Crippen LogP contribution in [0.1, 0.15) is 42.3 Å². The number of rotatable bonds is 4. The molecule has 0 aromatic heterocycles. The molecule has 0 fully saturated rings. The smallest absolute Gasteiger partial charge is 0.338 e. The van der Waals surface area contributed by atoms with Crippen LogP contribution in [0.2, 0.25) is 0 Å². The molecular weight excluding hydrogens is 272 g/mol. The molecule has 0 saturated carbocycles. The number of hydrogen-bond donors (Lipinski definition) is 0. The Labute approximate surface area is 132 Å². The van der Waals surface area contributed by atoms with Crippen LogP contribution in [0.3, 0.4) is 0 Å². The predicted octanol–water partition coefficient (Wildman–Crippen LogP) is 4.85. The Morgan fingerprint density at radius 2 is 1.64 bits per heavy atom. The molecular formula is C20H22O2. The molecule has 0 unspecified atom stereocenters. The topological polar surface area (TPSA) is 26.3 Å². The fraction of sp³-hybridized carbons (Fsp3) is 0.250. The summed E-state index contributed by atoms with van der Waals surface area (Å²) in [5, 5.41) is 0. The van der Waals surface area contributed by atoms with Crippen molar-refractivity contribution in [1.82, 2.24) is 0 Å². The highest BCUT2D eigenvalue weighted by Crippen LogP contribution is 2.22. The minimum absolute atomic E-state index is 0.0842. The lowest BCUT2D eigenvalue weighted by atomic mass is 9.87. The Hall–Kier alpha value is -2.35. The van der Waals surface area contributed by atoms with Crippen LogP contribution in [0.25, 0.3) is 6.08 Å². The molecule has 0 bridgehead atoms. The Bertz CT molecular complexity index is 632. The fourth-order valence-electron chi connectivity index (χ4n) is 2.06. The molecule has 0 aliphatic rings. The van der Waals surface area contributed by atoms with Crippen molar-refractivity contribution in [3.8, 4) is 0 Å². The van der Waals surface area contributed by atoms with Gasteiger partial charge in [-0.1, -0.05) is 69.3 Å². The van der Waals surface area contributed by atoms with Crippen LogP contribution in [-0.4, -0.2) is 12.6 Å². The van der Waals surface area contributed by atoms with Crippen molar-refractivity contribution in [1.29, 1.82) is 0 Å². The van der Waals surface area contributed by atoms with Gasteiger partial charge in [0.1, 0.15) is 6.61 Å². The molecule has 2 aromatic rings. The molecule has 0 N–H and O–H groups in total. The molecule has 22 heavy (non-hydrogen) atoms. The van der Waals surface area contributed by atoms with Crippen molar-refractivity contribution in [2.45, 2.75) is 26.2 Å². The van der Waals surface area contributed by atoms with E-state index in [1.807, 2.05) is 66.7 Å². The summed E-state index contributed by atoms with van der Waals surface area (Å²) in [4.78, 5) is 12.0. The zero-order chi connectivity index (χ0) is 16.0. The highest BCUT2D eigenvalue weighted by molar-refractivity contribution is 5.89. The first-order valence-corrected chi connectivity index (χ1v) is 7.46. The Morgan fingerprint density at radius 3 is 2.23 bits per heavy atom. The normalized spacial score (nSPS) is 11.6. The molecule has 2 rings (SSSR count). The van der Waals surface area contributed by atoms with E-state index in [-0.39, 0.29) is 18.0 Å². The number of carbonyl (C=O) groups excluding carboxylic acids is 1. The van der Waals surface area contributed by atoms with E-state index in [0.29, 0.717) is 5.56 Å². The van der Waals surface area contributed by atoms with Crippen LogP contribution in [0, 0.1) is 0 Å². The highest BCUT2D eigenvalue weighted by atomic mass is 16.5. The second-order valence-electron chi connectivity index (χ2n) is 6.24. The van der Waals surface area contributed by atoms with Gasteiger partial charge in [-0.25, -0.2) is 4.79 Å². The van der Waals surface area contributed by atoms with Crippen LogP contribution in [0.5, 0.6) is 0 Å². The van der Waals surface area contributed by atoms with Gasteiger partial charge in [-0.15, -0.1) is 0 Å². The van der Waals surface area contributed by atoms with Gasteiger partial charge in [0.2, 0.25) is 0 Å². The van der Waals surface area contributed by atoms with E-state index in [2.05, 4.69) is 20.8 Å². The predicted molar refractivity (Wildman–Crippen MR) is 90.9 cm³/mol. The first-order valence-electron chi connectivity index (χ1n) is 7.46. The molecule has 0 amide bonds. The molecule has 0 atom stereocenters. The van der Waals surface area contributed by atoms with Crippen molar-refractivity contribution in [2.24, 2.45) is 0 Å². The third-order valence-corrected chi connectivity index (χ3v) is 3.41. The van der Waals surface area contributed by atoms with Crippen LogP contribution in [0.4, 0.5) is 0 Å². The Morgan fingerprint density at radius 1 is 1.00 bits per heavy atom. The summed E-state index contributed by atoms with van der Waals surface area (Å²) in [5.74, 6) is -0.293. The van der Waals surface area contributed by atoms with Crippen LogP contribution in [-0.2, 0) is 10.2 Å². The lowest BCUT2D eigenvalue weighted by molar-refractivity contribution is 0.0550. The monoisotopic (exact) mass is 294 g/mol. The molecule has 0 saturated heterocycles. The maximum atomic E-state index is 12.0. The maximum Gasteiger partial charge on any atom is 0.338 e. The van der Waals surface area contributed by atoms with Gasteiger partial charge in [0, 0.05) is 0 Å². The highest BCUT2D eigenvalue weighted by Gasteiger charge is 2.14. The van der Waals surface area contributed by atoms with Crippen molar-refractivity contribution >= 4 is 12.0 Å². The van der Waals surface area contributed by atoms with E-state index in [9.17, 15) is 4.79 Å². The van der Waals surface area contributed by atoms with Crippen LogP contribution < -0.4 is 0 Å². The van der Waals surface area contributed by atoms with Crippen molar-refractivity contribution in [3.63, 3.8) is 0 Å². The second-order valence-corrected chi connectivity index (χ2v) is 6.24. The molecule has 2 heteroatoms. The van der Waals surface area contributed by atoms with Crippen LogP contribution >= 0.6 is 0 Å². The third kappa shape index (κ3) is 4.59. The Kier molecular flexibility index (Phi) is 5.16. The van der Waals surface area contributed by atoms with Gasteiger partial charge in [0.25, 0.3) is 0 Å². The average molecular weight is 294 g/mol. The summed E-state index contributed by atoms with van der Waals surface area (Å²) >= 11 is 0. The number of benzene rings is 2. The quantitative estimate of drug-likeness (QED) is 0.753. The molecule has 0 heterocycles. The van der Waals surface area contributed by atoms with Gasteiger partial charge >= 0.3 is 5.97 Å². The summed E-state index contributed by atoms with van der Waals surface area (Å²) in [6.45, 7) is 6.72. The third-order valence-electron chi connectivity index (χ3n) is 3.41. The lowest BCUT2D eigenvalue weighted by Crippen LogP contribution is -2.12. The van der Waals surface area contributed by atoms with Crippen molar-refractivity contribution in [2.75, 3.05) is 6.61 Å². The van der Waals surface area contributed by atoms with E-state index in [0.717, 1.165) is 5.56 Å². The second kappa shape index (κ2) is 7.08. The average Bonchev–Trinajstić information content (AvgIpc) is 2.52. The number of ether oxygens (including phenoxy) is 1. The minimum Gasteiger partial charge on any atom is -0.458 e. The summed E-state index contributed by atoms with van der Waals surface area (Å²) < 4.78 is 5.25. The zero-order valence-corrected chi connectivity index (χ0v) is 13.4. The van der Waals surface area contributed by atoms with Gasteiger partial charge in [-0.05, 0) is 34.8 Å². The standard InChI is InChI=1S/C20H22O2/c1-20(2,3)18-13-11-17(12-14-18)19(21)22-15-7-10-16-8-5-4-6-9-16/h4-14H,15H2,1-3H3/b10-7+. The first-order chi connectivity index (χ1) is 10.5. The number of esters is 1. The van der Waals surface area contributed by atoms with Gasteiger partial charge in [-0.3, -0.25) is 0 Å². The summed E-state index contributed by atoms with van der Waals surface area (Å²) in [7, 11) is 0. The fourth-order valence-corrected chi connectivity index (χ4v) is 2.06. The van der Waals surface area contributed by atoms with Crippen molar-refractivity contribution < 1.29 is 9.53 Å². The van der Waals surface area contributed by atoms with Gasteiger partial charge < -0.3 is 4.74 Å². The number of carbonyl (C=O) groups is 1. The molecule has 0 spiro atoms. The molecule has 2 aromatic carbocycles. The van der Waals surface area contributed by atoms with E-state index in [1.54, 1.807) is 0 Å².